The zero-order chi connectivity index (χ0) is 16.1. The summed E-state index contributed by atoms with van der Waals surface area (Å²) >= 11 is 1.77. The van der Waals surface area contributed by atoms with Gasteiger partial charge < -0.3 is 4.90 Å². The Kier molecular flexibility index (Phi) is 3.62. The largest absolute Gasteiger partial charge is 0.333 e. The number of aromatic nitrogens is 1. The molecule has 4 unspecified atom stereocenters. The average Bonchev–Trinajstić information content (AvgIpc) is 3.35. The predicted octanol–water partition coefficient (Wildman–Crippen LogP) is 4.79. The molecule has 1 aromatic heterocycles. The van der Waals surface area contributed by atoms with Gasteiger partial charge in [0.05, 0.1) is 16.3 Å². The van der Waals surface area contributed by atoms with E-state index in [1.807, 2.05) is 6.07 Å². The number of para-hydroxylation sites is 1. The number of likely N-dealkylation sites (tertiary alicyclic amines) is 1. The van der Waals surface area contributed by atoms with Crippen molar-refractivity contribution in [3.8, 4) is 0 Å². The summed E-state index contributed by atoms with van der Waals surface area (Å²) in [5.41, 5.74) is 1.07. The second-order valence-corrected chi connectivity index (χ2v) is 8.97. The Bertz CT molecular complexity index is 737. The molecule has 24 heavy (non-hydrogen) atoms. The van der Waals surface area contributed by atoms with Crippen LogP contribution in [0.2, 0.25) is 0 Å². The minimum atomic E-state index is 0.216. The molecular weight excluding hydrogens is 316 g/mol. The molecule has 1 amide bonds. The van der Waals surface area contributed by atoms with Crippen LogP contribution in [0.5, 0.6) is 0 Å². The molecule has 1 aliphatic heterocycles. The number of hydrogen-bond donors (Lipinski definition) is 0. The Labute approximate surface area is 147 Å². The number of thiazole rings is 1. The number of hydrogen-bond acceptors (Lipinski definition) is 3. The first kappa shape index (κ1) is 14.9. The maximum absolute atomic E-state index is 13.0. The first-order valence-electron chi connectivity index (χ1n) is 9.43. The van der Waals surface area contributed by atoms with Crippen LogP contribution in [0.15, 0.2) is 24.3 Å². The van der Waals surface area contributed by atoms with Crippen molar-refractivity contribution in [2.45, 2.75) is 51.0 Å². The van der Waals surface area contributed by atoms with Gasteiger partial charge in [-0.05, 0) is 62.0 Å². The molecule has 3 nitrogen and oxygen atoms in total. The van der Waals surface area contributed by atoms with E-state index in [1.165, 1.54) is 30.4 Å². The van der Waals surface area contributed by atoms with E-state index in [4.69, 9.17) is 4.98 Å². The molecule has 5 rings (SSSR count). The molecule has 2 saturated carbocycles. The maximum Gasteiger partial charge on any atom is 0.223 e. The minimum absolute atomic E-state index is 0.216. The van der Waals surface area contributed by atoms with E-state index < -0.39 is 0 Å². The molecular formula is C20H24N2OS. The minimum Gasteiger partial charge on any atom is -0.333 e. The fourth-order valence-corrected chi connectivity index (χ4v) is 6.44. The summed E-state index contributed by atoms with van der Waals surface area (Å²) in [4.78, 5) is 19.9. The molecule has 3 fully saturated rings. The molecule has 1 saturated heterocycles. The first-order chi connectivity index (χ1) is 11.8. The predicted molar refractivity (Wildman–Crippen MR) is 96.9 cm³/mol. The summed E-state index contributed by atoms with van der Waals surface area (Å²) in [6.45, 7) is 0.917. The molecule has 4 atom stereocenters. The van der Waals surface area contributed by atoms with Crippen molar-refractivity contribution in [2.75, 3.05) is 6.54 Å². The number of fused-ring (bicyclic) bond motifs is 3. The number of amides is 1. The highest BCUT2D eigenvalue weighted by atomic mass is 32.1. The van der Waals surface area contributed by atoms with Crippen LogP contribution in [-0.4, -0.2) is 22.3 Å². The molecule has 1 aromatic carbocycles. The second-order valence-electron chi connectivity index (χ2n) is 7.90. The van der Waals surface area contributed by atoms with Crippen LogP contribution in [0.1, 0.15) is 56.0 Å². The van der Waals surface area contributed by atoms with Gasteiger partial charge in [-0.2, -0.15) is 0 Å². The quantitative estimate of drug-likeness (QED) is 0.805. The summed E-state index contributed by atoms with van der Waals surface area (Å²) < 4.78 is 1.24. The van der Waals surface area contributed by atoms with E-state index >= 15 is 0 Å². The summed E-state index contributed by atoms with van der Waals surface area (Å²) in [5, 5.41) is 1.13. The summed E-state index contributed by atoms with van der Waals surface area (Å²) in [5.74, 6) is 2.80. The van der Waals surface area contributed by atoms with E-state index in [-0.39, 0.29) is 6.04 Å². The number of carbonyl (C=O) groups excluding carboxylic acids is 1. The molecule has 2 bridgehead atoms. The lowest BCUT2D eigenvalue weighted by Crippen LogP contribution is -2.32. The van der Waals surface area contributed by atoms with Gasteiger partial charge >= 0.3 is 0 Å². The van der Waals surface area contributed by atoms with Crippen molar-refractivity contribution >= 4 is 27.5 Å². The molecule has 0 N–H and O–H groups in total. The zero-order valence-corrected chi connectivity index (χ0v) is 14.8. The molecule has 2 heterocycles. The zero-order valence-electron chi connectivity index (χ0n) is 14.0. The summed E-state index contributed by atoms with van der Waals surface area (Å²) in [7, 11) is 0. The molecule has 4 heteroatoms. The van der Waals surface area contributed by atoms with E-state index in [0.29, 0.717) is 11.8 Å². The fraction of sp³-hybridized carbons (Fsp3) is 0.600. The van der Waals surface area contributed by atoms with Gasteiger partial charge in [-0.3, -0.25) is 4.79 Å². The van der Waals surface area contributed by atoms with Gasteiger partial charge in [0, 0.05) is 13.0 Å². The van der Waals surface area contributed by atoms with Crippen LogP contribution in [-0.2, 0) is 4.79 Å². The van der Waals surface area contributed by atoms with Crippen LogP contribution >= 0.6 is 11.3 Å². The van der Waals surface area contributed by atoms with Gasteiger partial charge in [0.1, 0.15) is 5.01 Å². The van der Waals surface area contributed by atoms with Crippen LogP contribution < -0.4 is 0 Å². The molecule has 126 valence electrons. The topological polar surface area (TPSA) is 33.2 Å². The highest BCUT2D eigenvalue weighted by molar-refractivity contribution is 7.18. The van der Waals surface area contributed by atoms with Crippen molar-refractivity contribution in [1.29, 1.82) is 0 Å². The highest BCUT2D eigenvalue weighted by Crippen LogP contribution is 2.50. The molecule has 3 aliphatic rings. The lowest BCUT2D eigenvalue weighted by Gasteiger charge is -2.27. The molecule has 2 aliphatic carbocycles. The van der Waals surface area contributed by atoms with Crippen LogP contribution in [0.25, 0.3) is 10.2 Å². The monoisotopic (exact) mass is 340 g/mol. The Hall–Kier alpha value is -1.42. The average molecular weight is 340 g/mol. The van der Waals surface area contributed by atoms with E-state index in [1.54, 1.807) is 11.3 Å². The maximum atomic E-state index is 13.0. The van der Waals surface area contributed by atoms with Gasteiger partial charge in [0.2, 0.25) is 5.91 Å². The fourth-order valence-electron chi connectivity index (χ4n) is 5.32. The normalized spacial score (nSPS) is 32.1. The molecule has 2 aromatic rings. The Morgan fingerprint density at radius 3 is 2.92 bits per heavy atom. The van der Waals surface area contributed by atoms with E-state index in [0.717, 1.165) is 48.2 Å². The van der Waals surface area contributed by atoms with Gasteiger partial charge in [0.15, 0.2) is 0 Å². The van der Waals surface area contributed by atoms with Gasteiger partial charge in [0.25, 0.3) is 0 Å². The molecule has 0 spiro atoms. The van der Waals surface area contributed by atoms with Crippen molar-refractivity contribution in [3.05, 3.63) is 29.3 Å². The second kappa shape index (κ2) is 5.83. The van der Waals surface area contributed by atoms with Crippen molar-refractivity contribution < 1.29 is 4.79 Å². The Morgan fingerprint density at radius 1 is 1.21 bits per heavy atom. The lowest BCUT2D eigenvalue weighted by atomic mass is 9.86. The van der Waals surface area contributed by atoms with Crippen molar-refractivity contribution in [1.82, 2.24) is 9.88 Å². The van der Waals surface area contributed by atoms with E-state index in [2.05, 4.69) is 23.1 Å². The van der Waals surface area contributed by atoms with Gasteiger partial charge in [-0.15, -0.1) is 11.3 Å². The highest BCUT2D eigenvalue weighted by Gasteiger charge is 2.42. The number of rotatable bonds is 3. The summed E-state index contributed by atoms with van der Waals surface area (Å²) in [6, 6.07) is 8.53. The number of carbonyl (C=O) groups is 1. The van der Waals surface area contributed by atoms with Crippen LogP contribution in [0.4, 0.5) is 0 Å². The van der Waals surface area contributed by atoms with Crippen molar-refractivity contribution in [3.63, 3.8) is 0 Å². The van der Waals surface area contributed by atoms with Crippen LogP contribution in [0.3, 0.4) is 0 Å². The number of benzene rings is 1. The molecule has 0 radical (unpaired) electrons. The SMILES string of the molecule is O=C(CC1CC2CCC1C2)N1CCCC1c1nc2ccccc2s1. The van der Waals surface area contributed by atoms with E-state index in [9.17, 15) is 4.79 Å². The standard InChI is InChI=1S/C20H24N2OS/c23-19(12-15-11-13-7-8-14(15)10-13)22-9-3-5-17(22)20-21-16-4-1-2-6-18(16)24-20/h1-2,4,6,13-15,17H,3,5,7-12H2. The Morgan fingerprint density at radius 2 is 2.12 bits per heavy atom. The summed E-state index contributed by atoms with van der Waals surface area (Å²) in [6.07, 6.45) is 8.43. The number of nitrogens with zero attached hydrogens (tertiary/aromatic N) is 2. The van der Waals surface area contributed by atoms with Gasteiger partial charge in [-0.25, -0.2) is 4.98 Å². The first-order valence-corrected chi connectivity index (χ1v) is 10.2. The third-order valence-corrected chi connectivity index (χ3v) is 7.63. The van der Waals surface area contributed by atoms with Crippen LogP contribution in [0, 0.1) is 17.8 Å². The smallest absolute Gasteiger partial charge is 0.223 e. The third-order valence-electron chi connectivity index (χ3n) is 6.49. The lowest BCUT2D eigenvalue weighted by molar-refractivity contribution is -0.133. The Balaban J connectivity index is 1.34. The third kappa shape index (κ3) is 2.46. The van der Waals surface area contributed by atoms with Crippen molar-refractivity contribution in [2.24, 2.45) is 17.8 Å². The van der Waals surface area contributed by atoms with Gasteiger partial charge in [-0.1, -0.05) is 18.6 Å².